The van der Waals surface area contributed by atoms with Gasteiger partial charge in [0.25, 0.3) is 0 Å². The summed E-state index contributed by atoms with van der Waals surface area (Å²) in [5, 5.41) is 2.08. The first-order chi connectivity index (χ1) is 9.88. The van der Waals surface area contributed by atoms with Crippen molar-refractivity contribution in [2.75, 3.05) is 0 Å². The van der Waals surface area contributed by atoms with Gasteiger partial charge in [-0.2, -0.15) is 13.2 Å². The molecular weight excluding hydrogens is 305 g/mol. The summed E-state index contributed by atoms with van der Waals surface area (Å²) in [7, 11) is 0. The molecule has 1 aromatic carbocycles. The van der Waals surface area contributed by atoms with Gasteiger partial charge in [-0.3, -0.25) is 9.78 Å². The zero-order chi connectivity index (χ0) is 15.5. The Morgan fingerprint density at radius 2 is 1.81 bits per heavy atom. The van der Waals surface area contributed by atoms with E-state index in [-0.39, 0.29) is 11.6 Å². The Labute approximate surface area is 123 Å². The molecule has 2 rings (SSSR count). The van der Waals surface area contributed by atoms with Crippen molar-refractivity contribution < 1.29 is 18.0 Å². The first-order valence-corrected chi connectivity index (χ1v) is 6.29. The van der Waals surface area contributed by atoms with E-state index in [0.717, 1.165) is 11.1 Å². The van der Waals surface area contributed by atoms with E-state index < -0.39 is 12.1 Å². The number of halogens is 4. The second-order valence-electron chi connectivity index (χ2n) is 4.22. The third-order valence-corrected chi connectivity index (χ3v) is 3.12. The number of hydrogen-bond acceptors (Lipinski definition) is 2. The van der Waals surface area contributed by atoms with Crippen molar-refractivity contribution in [3.05, 3.63) is 53.3 Å². The van der Waals surface area contributed by atoms with Crippen LogP contribution in [-0.2, 0) is 11.3 Å². The van der Waals surface area contributed by atoms with E-state index in [0.29, 0.717) is 5.56 Å². The Kier molecular flexibility index (Phi) is 4.47. The van der Waals surface area contributed by atoms with Crippen LogP contribution in [0.15, 0.2) is 42.7 Å². The molecule has 0 radical (unpaired) electrons. The number of carbonyl (C=O) groups excluding carboxylic acids is 1. The molecule has 7 heteroatoms. The van der Waals surface area contributed by atoms with Gasteiger partial charge in [0, 0.05) is 24.0 Å². The lowest BCUT2D eigenvalue weighted by Gasteiger charge is -2.11. The van der Waals surface area contributed by atoms with Gasteiger partial charge in [-0.15, -0.1) is 0 Å². The molecule has 0 bridgehead atoms. The molecule has 110 valence electrons. The lowest BCUT2D eigenvalue weighted by Crippen LogP contribution is -2.36. The normalized spacial score (nSPS) is 11.2. The average Bonchev–Trinajstić information content (AvgIpc) is 2.46. The maximum atomic E-state index is 12.1. The maximum absolute atomic E-state index is 12.1. The van der Waals surface area contributed by atoms with Gasteiger partial charge in [0.15, 0.2) is 0 Å². The zero-order valence-electron chi connectivity index (χ0n) is 10.6. The first kappa shape index (κ1) is 15.3. The highest BCUT2D eigenvalue weighted by molar-refractivity contribution is 6.31. The molecule has 1 N–H and O–H groups in total. The molecule has 1 aromatic heterocycles. The number of alkyl halides is 3. The van der Waals surface area contributed by atoms with Crippen molar-refractivity contribution in [2.24, 2.45) is 0 Å². The Morgan fingerprint density at radius 3 is 2.43 bits per heavy atom. The van der Waals surface area contributed by atoms with Crippen LogP contribution < -0.4 is 5.32 Å². The molecule has 0 atom stereocenters. The van der Waals surface area contributed by atoms with E-state index in [4.69, 9.17) is 11.6 Å². The quantitative estimate of drug-likeness (QED) is 0.941. The smallest absolute Gasteiger partial charge is 0.344 e. The third kappa shape index (κ3) is 3.95. The van der Waals surface area contributed by atoms with Crippen LogP contribution in [-0.4, -0.2) is 17.1 Å². The van der Waals surface area contributed by atoms with Crippen LogP contribution in [0.2, 0.25) is 5.02 Å². The first-order valence-electron chi connectivity index (χ1n) is 5.92. The summed E-state index contributed by atoms with van der Waals surface area (Å²) in [6.45, 7) is -0.296. The Bertz CT molecular complexity index is 644. The fraction of sp³-hybridized carbons (Fsp3) is 0.143. The fourth-order valence-corrected chi connectivity index (χ4v) is 1.89. The monoisotopic (exact) mass is 314 g/mol. The molecule has 0 aliphatic carbocycles. The van der Waals surface area contributed by atoms with Crippen molar-refractivity contribution >= 4 is 17.5 Å². The number of aromatic nitrogens is 1. The molecule has 3 nitrogen and oxygen atoms in total. The average molecular weight is 315 g/mol. The van der Waals surface area contributed by atoms with E-state index in [9.17, 15) is 18.0 Å². The van der Waals surface area contributed by atoms with E-state index in [1.165, 1.54) is 0 Å². The second-order valence-corrected chi connectivity index (χ2v) is 4.63. The molecule has 0 spiro atoms. The number of carbonyl (C=O) groups is 1. The fourth-order valence-electron chi connectivity index (χ4n) is 1.71. The van der Waals surface area contributed by atoms with E-state index in [1.54, 1.807) is 48.0 Å². The Balaban J connectivity index is 2.19. The van der Waals surface area contributed by atoms with Crippen LogP contribution in [0, 0.1) is 0 Å². The molecule has 0 unspecified atom stereocenters. The summed E-state index contributed by atoms with van der Waals surface area (Å²) in [6.07, 6.45) is -1.70. The van der Waals surface area contributed by atoms with Crippen LogP contribution in [0.3, 0.4) is 0 Å². The van der Waals surface area contributed by atoms with Gasteiger partial charge < -0.3 is 5.32 Å². The maximum Gasteiger partial charge on any atom is 0.471 e. The number of nitrogens with one attached hydrogen (secondary N) is 1. The number of pyridine rings is 1. The minimum atomic E-state index is -4.91. The highest BCUT2D eigenvalue weighted by Gasteiger charge is 2.38. The van der Waals surface area contributed by atoms with Crippen molar-refractivity contribution in [3.63, 3.8) is 0 Å². The van der Waals surface area contributed by atoms with Gasteiger partial charge in [0.05, 0.1) is 0 Å². The molecule has 0 fully saturated rings. The minimum Gasteiger partial charge on any atom is -0.344 e. The number of rotatable bonds is 3. The number of benzene rings is 1. The van der Waals surface area contributed by atoms with Gasteiger partial charge >= 0.3 is 12.1 Å². The van der Waals surface area contributed by atoms with Crippen LogP contribution in [0.1, 0.15) is 5.56 Å². The summed E-state index contributed by atoms with van der Waals surface area (Å²) in [4.78, 5) is 14.7. The summed E-state index contributed by atoms with van der Waals surface area (Å²) < 4.78 is 36.4. The van der Waals surface area contributed by atoms with Gasteiger partial charge in [0.1, 0.15) is 0 Å². The van der Waals surface area contributed by atoms with Crippen LogP contribution in [0.25, 0.3) is 11.1 Å². The van der Waals surface area contributed by atoms with Crippen molar-refractivity contribution in [3.8, 4) is 11.1 Å². The highest BCUT2D eigenvalue weighted by atomic mass is 35.5. The lowest BCUT2D eigenvalue weighted by molar-refractivity contribution is -0.173. The highest BCUT2D eigenvalue weighted by Crippen LogP contribution is 2.25. The summed E-state index contributed by atoms with van der Waals surface area (Å²) in [6, 6.07) is 8.48. The summed E-state index contributed by atoms with van der Waals surface area (Å²) >= 11 is 5.94. The van der Waals surface area contributed by atoms with Crippen molar-refractivity contribution in [1.29, 1.82) is 0 Å². The minimum absolute atomic E-state index is 0.287. The van der Waals surface area contributed by atoms with Crippen molar-refractivity contribution in [2.45, 2.75) is 12.7 Å². The molecule has 1 amide bonds. The van der Waals surface area contributed by atoms with Crippen molar-refractivity contribution in [1.82, 2.24) is 10.3 Å². The molecule has 0 aliphatic rings. The number of nitrogens with zero attached hydrogens (tertiary/aromatic N) is 1. The molecule has 1 heterocycles. The summed E-state index contributed by atoms with van der Waals surface area (Å²) in [5.74, 6) is -1.99. The van der Waals surface area contributed by atoms with Gasteiger partial charge in [-0.05, 0) is 41.0 Å². The van der Waals surface area contributed by atoms with Gasteiger partial charge in [-0.25, -0.2) is 0 Å². The predicted octanol–water partition coefficient (Wildman–Crippen LogP) is 3.58. The summed E-state index contributed by atoms with van der Waals surface area (Å²) in [5.41, 5.74) is 2.03. The standard InChI is InChI=1S/C14H10ClF3N2O/c15-12-2-1-10(9-3-5-19-6-4-9)7-11(12)8-20-13(21)14(16,17)18/h1-7H,8H2,(H,20,21). The number of amides is 1. The topological polar surface area (TPSA) is 42.0 Å². The number of hydrogen-bond donors (Lipinski definition) is 1. The third-order valence-electron chi connectivity index (χ3n) is 2.76. The van der Waals surface area contributed by atoms with E-state index in [1.807, 2.05) is 0 Å². The predicted molar refractivity (Wildman–Crippen MR) is 72.6 cm³/mol. The van der Waals surface area contributed by atoms with Crippen LogP contribution >= 0.6 is 11.6 Å². The van der Waals surface area contributed by atoms with Crippen LogP contribution in [0.4, 0.5) is 13.2 Å². The van der Waals surface area contributed by atoms with Gasteiger partial charge in [-0.1, -0.05) is 17.7 Å². The van der Waals surface area contributed by atoms with E-state index in [2.05, 4.69) is 4.98 Å². The largest absolute Gasteiger partial charge is 0.471 e. The molecule has 0 saturated heterocycles. The van der Waals surface area contributed by atoms with Crippen LogP contribution in [0.5, 0.6) is 0 Å². The lowest BCUT2D eigenvalue weighted by atomic mass is 10.0. The van der Waals surface area contributed by atoms with Gasteiger partial charge in [0.2, 0.25) is 0 Å². The Hall–Kier alpha value is -2.08. The van der Waals surface area contributed by atoms with E-state index >= 15 is 0 Å². The SMILES string of the molecule is O=C(NCc1cc(-c2ccncc2)ccc1Cl)C(F)(F)F. The molecule has 21 heavy (non-hydrogen) atoms. The molecule has 0 saturated carbocycles. The molecule has 2 aromatic rings. The second kappa shape index (κ2) is 6.13. The Morgan fingerprint density at radius 1 is 1.14 bits per heavy atom. The molecule has 0 aliphatic heterocycles. The zero-order valence-corrected chi connectivity index (χ0v) is 11.4. The molecular formula is C14H10ClF3N2O.